The number of ether oxygens (including phenoxy) is 1. The Bertz CT molecular complexity index is 497. The van der Waals surface area contributed by atoms with Crippen LogP contribution in [0.25, 0.3) is 0 Å². The minimum absolute atomic E-state index is 0.115. The molecule has 1 N–H and O–H groups in total. The Hall–Kier alpha value is -2.21. The third kappa shape index (κ3) is 2.88. The third-order valence-corrected chi connectivity index (χ3v) is 2.57. The number of hydrogen-bond donors (Lipinski definition) is 1. The van der Waals surface area contributed by atoms with Crippen molar-refractivity contribution >= 4 is 0 Å². The standard InChI is InChI=1S/C14H14N2O/c1-11(10-15)12-3-2-4-14(9-12)17-13-5-7-16-8-6-13/h2-7,9,11,16H,8H2,1H3. The molecule has 86 valence electrons. The molecule has 0 saturated carbocycles. The first-order valence-corrected chi connectivity index (χ1v) is 5.57. The first kappa shape index (κ1) is 11.3. The normalized spacial score (nSPS) is 15.4. The van der Waals surface area contributed by atoms with Gasteiger partial charge in [0.15, 0.2) is 0 Å². The molecule has 0 spiro atoms. The second kappa shape index (κ2) is 5.22. The van der Waals surface area contributed by atoms with E-state index < -0.39 is 0 Å². The van der Waals surface area contributed by atoms with Gasteiger partial charge in [0.1, 0.15) is 11.5 Å². The molecule has 1 aliphatic rings. The fourth-order valence-electron chi connectivity index (χ4n) is 1.57. The first-order chi connectivity index (χ1) is 8.29. The quantitative estimate of drug-likeness (QED) is 0.861. The molecule has 3 nitrogen and oxygen atoms in total. The van der Waals surface area contributed by atoms with Crippen molar-refractivity contribution in [2.45, 2.75) is 12.8 Å². The van der Waals surface area contributed by atoms with E-state index in [2.05, 4.69) is 11.4 Å². The predicted molar refractivity (Wildman–Crippen MR) is 66.3 cm³/mol. The van der Waals surface area contributed by atoms with Crippen LogP contribution in [-0.4, -0.2) is 6.54 Å². The molecule has 2 rings (SSSR count). The molecule has 1 aliphatic heterocycles. The van der Waals surface area contributed by atoms with Gasteiger partial charge in [-0.05, 0) is 36.8 Å². The Kier molecular flexibility index (Phi) is 3.46. The van der Waals surface area contributed by atoms with Crippen LogP contribution in [0.3, 0.4) is 0 Å². The number of nitriles is 1. The highest BCUT2D eigenvalue weighted by atomic mass is 16.5. The van der Waals surface area contributed by atoms with Gasteiger partial charge in [-0.1, -0.05) is 12.1 Å². The average Bonchev–Trinajstić information content (AvgIpc) is 2.39. The monoisotopic (exact) mass is 226 g/mol. The van der Waals surface area contributed by atoms with Crippen molar-refractivity contribution in [1.82, 2.24) is 5.32 Å². The van der Waals surface area contributed by atoms with Crippen LogP contribution in [0.15, 0.2) is 48.4 Å². The molecule has 0 saturated heterocycles. The number of nitrogens with zero attached hydrogens (tertiary/aromatic N) is 1. The lowest BCUT2D eigenvalue weighted by molar-refractivity contribution is 0.438. The van der Waals surface area contributed by atoms with Gasteiger partial charge in [0.2, 0.25) is 0 Å². The maximum Gasteiger partial charge on any atom is 0.127 e. The summed E-state index contributed by atoms with van der Waals surface area (Å²) >= 11 is 0. The van der Waals surface area contributed by atoms with Crippen LogP contribution in [-0.2, 0) is 0 Å². The summed E-state index contributed by atoms with van der Waals surface area (Å²) in [5.41, 5.74) is 0.975. The Balaban J connectivity index is 2.14. The highest BCUT2D eigenvalue weighted by Crippen LogP contribution is 2.22. The summed E-state index contributed by atoms with van der Waals surface area (Å²) < 4.78 is 5.72. The molecule has 0 bridgehead atoms. The maximum absolute atomic E-state index is 8.88. The zero-order chi connectivity index (χ0) is 12.1. The Labute approximate surface area is 101 Å². The lowest BCUT2D eigenvalue weighted by Crippen LogP contribution is -2.10. The Morgan fingerprint density at radius 3 is 3.06 bits per heavy atom. The van der Waals surface area contributed by atoms with Gasteiger partial charge in [0.05, 0.1) is 12.0 Å². The van der Waals surface area contributed by atoms with E-state index in [1.54, 1.807) is 0 Å². The molecular formula is C14H14N2O. The van der Waals surface area contributed by atoms with Crippen molar-refractivity contribution in [3.63, 3.8) is 0 Å². The molecule has 1 aromatic carbocycles. The summed E-state index contributed by atoms with van der Waals surface area (Å²) in [6.45, 7) is 2.66. The highest BCUT2D eigenvalue weighted by Gasteiger charge is 2.06. The van der Waals surface area contributed by atoms with Crippen molar-refractivity contribution in [3.05, 3.63) is 53.9 Å². The van der Waals surface area contributed by atoms with Crippen LogP contribution in [0.2, 0.25) is 0 Å². The number of allylic oxidation sites excluding steroid dienone is 1. The number of benzene rings is 1. The van der Waals surface area contributed by atoms with Gasteiger partial charge in [-0.3, -0.25) is 0 Å². The molecular weight excluding hydrogens is 212 g/mol. The Morgan fingerprint density at radius 1 is 1.47 bits per heavy atom. The summed E-state index contributed by atoms with van der Waals surface area (Å²) in [5, 5.41) is 11.9. The number of nitrogens with one attached hydrogen (secondary N) is 1. The molecule has 1 aromatic rings. The first-order valence-electron chi connectivity index (χ1n) is 5.57. The molecule has 1 heterocycles. The van der Waals surface area contributed by atoms with E-state index >= 15 is 0 Å². The minimum atomic E-state index is -0.115. The van der Waals surface area contributed by atoms with Crippen LogP contribution in [0, 0.1) is 11.3 Å². The van der Waals surface area contributed by atoms with Crippen LogP contribution < -0.4 is 10.1 Å². The van der Waals surface area contributed by atoms with Crippen LogP contribution in [0.4, 0.5) is 0 Å². The van der Waals surface area contributed by atoms with E-state index in [-0.39, 0.29) is 5.92 Å². The largest absolute Gasteiger partial charge is 0.458 e. The maximum atomic E-state index is 8.88. The molecule has 3 heteroatoms. The summed E-state index contributed by atoms with van der Waals surface area (Å²) in [6.07, 6.45) is 5.71. The number of hydrogen-bond acceptors (Lipinski definition) is 3. The molecule has 17 heavy (non-hydrogen) atoms. The fourth-order valence-corrected chi connectivity index (χ4v) is 1.57. The van der Waals surface area contributed by atoms with Crippen molar-refractivity contribution in [2.24, 2.45) is 0 Å². The van der Waals surface area contributed by atoms with Gasteiger partial charge < -0.3 is 10.1 Å². The number of dihydropyridines is 1. The van der Waals surface area contributed by atoms with Gasteiger partial charge >= 0.3 is 0 Å². The molecule has 0 radical (unpaired) electrons. The molecule has 1 atom stereocenters. The molecule has 0 fully saturated rings. The second-order valence-corrected chi connectivity index (χ2v) is 3.87. The number of rotatable bonds is 3. The Morgan fingerprint density at radius 2 is 2.35 bits per heavy atom. The van der Waals surface area contributed by atoms with Crippen LogP contribution >= 0.6 is 0 Å². The van der Waals surface area contributed by atoms with E-state index in [0.717, 1.165) is 23.6 Å². The van der Waals surface area contributed by atoms with E-state index in [9.17, 15) is 0 Å². The lowest BCUT2D eigenvalue weighted by Gasteiger charge is -2.11. The van der Waals surface area contributed by atoms with E-state index in [4.69, 9.17) is 10.00 Å². The van der Waals surface area contributed by atoms with Crippen molar-refractivity contribution in [3.8, 4) is 11.8 Å². The summed E-state index contributed by atoms with van der Waals surface area (Å²) in [6, 6.07) is 9.86. The third-order valence-electron chi connectivity index (χ3n) is 2.57. The minimum Gasteiger partial charge on any atom is -0.458 e. The van der Waals surface area contributed by atoms with Crippen molar-refractivity contribution < 1.29 is 4.74 Å². The van der Waals surface area contributed by atoms with Gasteiger partial charge in [-0.15, -0.1) is 0 Å². The predicted octanol–water partition coefficient (Wildman–Crippen LogP) is 2.69. The zero-order valence-corrected chi connectivity index (χ0v) is 9.68. The topological polar surface area (TPSA) is 45.0 Å². The fraction of sp³-hybridized carbons (Fsp3) is 0.214. The van der Waals surface area contributed by atoms with Gasteiger partial charge in [0, 0.05) is 12.7 Å². The molecule has 0 amide bonds. The van der Waals surface area contributed by atoms with E-state index in [1.165, 1.54) is 0 Å². The highest BCUT2D eigenvalue weighted by molar-refractivity contribution is 5.35. The van der Waals surface area contributed by atoms with Gasteiger partial charge in [-0.2, -0.15) is 5.26 Å². The van der Waals surface area contributed by atoms with Crippen LogP contribution in [0.1, 0.15) is 18.4 Å². The summed E-state index contributed by atoms with van der Waals surface area (Å²) in [7, 11) is 0. The average molecular weight is 226 g/mol. The smallest absolute Gasteiger partial charge is 0.127 e. The van der Waals surface area contributed by atoms with Crippen molar-refractivity contribution in [1.29, 1.82) is 5.26 Å². The lowest BCUT2D eigenvalue weighted by atomic mass is 10.0. The van der Waals surface area contributed by atoms with Crippen LogP contribution in [0.5, 0.6) is 5.75 Å². The molecule has 0 aromatic heterocycles. The van der Waals surface area contributed by atoms with E-state index in [1.807, 2.05) is 49.5 Å². The van der Waals surface area contributed by atoms with Crippen molar-refractivity contribution in [2.75, 3.05) is 6.54 Å². The zero-order valence-electron chi connectivity index (χ0n) is 9.68. The van der Waals surface area contributed by atoms with Gasteiger partial charge in [-0.25, -0.2) is 0 Å². The summed E-state index contributed by atoms with van der Waals surface area (Å²) in [4.78, 5) is 0. The molecule has 0 aliphatic carbocycles. The SMILES string of the molecule is CC(C#N)c1cccc(OC2=CCNC=C2)c1. The van der Waals surface area contributed by atoms with E-state index in [0.29, 0.717) is 0 Å². The summed E-state index contributed by atoms with van der Waals surface area (Å²) in [5.74, 6) is 1.48. The van der Waals surface area contributed by atoms with Gasteiger partial charge in [0.25, 0.3) is 0 Å². The molecule has 1 unspecified atom stereocenters. The second-order valence-electron chi connectivity index (χ2n) is 3.87.